The lowest BCUT2D eigenvalue weighted by Gasteiger charge is -2.09. The van der Waals surface area contributed by atoms with Gasteiger partial charge in [-0.1, -0.05) is 35.9 Å². The van der Waals surface area contributed by atoms with Crippen LogP contribution in [0.3, 0.4) is 0 Å². The number of methoxy groups -OCH3 is 1. The van der Waals surface area contributed by atoms with E-state index in [0.717, 1.165) is 11.1 Å². The number of aromatic nitrogens is 3. The molecule has 154 valence electrons. The number of nitrogens with zero attached hydrogens (tertiary/aromatic N) is 3. The molecular weight excluding hydrogens is 402 g/mol. The zero-order valence-electron chi connectivity index (χ0n) is 16.6. The molecule has 0 unspecified atom stereocenters. The monoisotopic (exact) mass is 423 g/mol. The van der Waals surface area contributed by atoms with Gasteiger partial charge in [0.1, 0.15) is 16.9 Å². The smallest absolute Gasteiger partial charge is 0.257 e. The molecule has 30 heavy (non-hydrogen) atoms. The van der Waals surface area contributed by atoms with E-state index in [1.54, 1.807) is 7.11 Å². The van der Waals surface area contributed by atoms with Crippen molar-refractivity contribution in [3.05, 3.63) is 64.7 Å². The Bertz CT molecular complexity index is 1200. The van der Waals surface area contributed by atoms with E-state index >= 15 is 0 Å². The number of rotatable bonds is 7. The summed E-state index contributed by atoms with van der Waals surface area (Å²) in [5, 5.41) is 3.56. The number of halogens is 1. The van der Waals surface area contributed by atoms with Gasteiger partial charge in [-0.15, -0.1) is 0 Å². The van der Waals surface area contributed by atoms with Gasteiger partial charge in [0.2, 0.25) is 0 Å². The zero-order valence-corrected chi connectivity index (χ0v) is 17.3. The first-order valence-electron chi connectivity index (χ1n) is 9.64. The van der Waals surface area contributed by atoms with Crippen LogP contribution in [-0.2, 0) is 11.3 Å². The van der Waals surface area contributed by atoms with Gasteiger partial charge >= 0.3 is 0 Å². The summed E-state index contributed by atoms with van der Waals surface area (Å²) in [6.07, 6.45) is 0.709. The molecule has 0 atom stereocenters. The molecule has 0 saturated carbocycles. The van der Waals surface area contributed by atoms with Crippen molar-refractivity contribution in [1.82, 2.24) is 19.9 Å². The molecule has 0 aliphatic heterocycles. The largest absolute Gasteiger partial charge is 0.385 e. The third-order valence-electron chi connectivity index (χ3n) is 4.88. The molecule has 3 N–H and O–H groups in total. The predicted octanol–water partition coefficient (Wildman–Crippen LogP) is 3.63. The highest BCUT2D eigenvalue weighted by Crippen LogP contribution is 2.29. The Labute approximate surface area is 178 Å². The molecule has 2 aromatic heterocycles. The Hall–Kier alpha value is -3.16. The standard InChI is InChI=1S/C22H22ClN5O2/c1-30-12-4-11-25-22(29)18-19-21(27-17-6-3-2-5-16(17)26-19)28(20(18)24)13-14-7-9-15(23)10-8-14/h2-3,5-10H,4,11-13,24H2,1H3,(H,25,29). The molecule has 0 fully saturated rings. The van der Waals surface area contributed by atoms with Crippen LogP contribution in [0.4, 0.5) is 5.82 Å². The van der Waals surface area contributed by atoms with E-state index in [-0.39, 0.29) is 5.91 Å². The number of hydrogen-bond acceptors (Lipinski definition) is 5. The summed E-state index contributed by atoms with van der Waals surface area (Å²) in [7, 11) is 1.63. The van der Waals surface area contributed by atoms with Gasteiger partial charge in [-0.2, -0.15) is 0 Å². The number of nitrogens with one attached hydrogen (secondary N) is 1. The average Bonchev–Trinajstić information content (AvgIpc) is 3.01. The van der Waals surface area contributed by atoms with Crippen LogP contribution in [0.2, 0.25) is 5.02 Å². The zero-order chi connectivity index (χ0) is 21.1. The Morgan fingerprint density at radius 3 is 2.53 bits per heavy atom. The number of nitrogens with two attached hydrogens (primary N) is 1. The summed E-state index contributed by atoms with van der Waals surface area (Å²) in [6, 6.07) is 15.0. The van der Waals surface area contributed by atoms with Gasteiger partial charge in [-0.25, -0.2) is 9.97 Å². The first-order valence-corrected chi connectivity index (χ1v) is 10.0. The maximum Gasteiger partial charge on any atom is 0.257 e. The number of nitrogen functional groups attached to an aromatic ring is 1. The maximum absolute atomic E-state index is 13.0. The van der Waals surface area contributed by atoms with Crippen LogP contribution >= 0.6 is 11.6 Å². The van der Waals surface area contributed by atoms with E-state index < -0.39 is 0 Å². The number of fused-ring (bicyclic) bond motifs is 2. The topological polar surface area (TPSA) is 95.1 Å². The van der Waals surface area contributed by atoms with Crippen LogP contribution in [0.1, 0.15) is 22.3 Å². The fraction of sp³-hybridized carbons (Fsp3) is 0.227. The van der Waals surface area contributed by atoms with E-state index in [2.05, 4.69) is 5.32 Å². The van der Waals surface area contributed by atoms with Gasteiger partial charge in [0.15, 0.2) is 5.65 Å². The fourth-order valence-corrected chi connectivity index (χ4v) is 3.51. The molecule has 0 saturated heterocycles. The molecule has 1 amide bonds. The van der Waals surface area contributed by atoms with Crippen LogP contribution in [0, 0.1) is 0 Å². The molecule has 2 heterocycles. The highest BCUT2D eigenvalue weighted by Gasteiger charge is 2.23. The molecule has 0 spiro atoms. The van der Waals surface area contributed by atoms with Gasteiger partial charge < -0.3 is 20.4 Å². The number of carbonyl (C=O) groups is 1. The molecule has 7 nitrogen and oxygen atoms in total. The lowest BCUT2D eigenvalue weighted by molar-refractivity contribution is 0.0951. The third kappa shape index (κ3) is 3.94. The first-order chi connectivity index (χ1) is 14.6. The number of carbonyl (C=O) groups excluding carboxylic acids is 1. The second-order valence-corrected chi connectivity index (χ2v) is 7.40. The van der Waals surface area contributed by atoms with E-state index in [9.17, 15) is 4.79 Å². The summed E-state index contributed by atoms with van der Waals surface area (Å²) < 4.78 is 6.86. The SMILES string of the molecule is COCCCNC(=O)c1c(N)n(Cc2ccc(Cl)cc2)c2nc3ccccc3nc12. The van der Waals surface area contributed by atoms with Crippen molar-refractivity contribution in [3.63, 3.8) is 0 Å². The number of amides is 1. The van der Waals surface area contributed by atoms with Crippen LogP contribution in [0.25, 0.3) is 22.2 Å². The average molecular weight is 424 g/mol. The van der Waals surface area contributed by atoms with Gasteiger partial charge in [0.25, 0.3) is 5.91 Å². The Balaban J connectivity index is 1.81. The second kappa shape index (κ2) is 8.69. The number of hydrogen-bond donors (Lipinski definition) is 2. The highest BCUT2D eigenvalue weighted by atomic mass is 35.5. The summed E-state index contributed by atoms with van der Waals surface area (Å²) >= 11 is 6.01. The van der Waals surface area contributed by atoms with E-state index in [0.29, 0.717) is 59.2 Å². The Morgan fingerprint density at radius 2 is 1.83 bits per heavy atom. The van der Waals surface area contributed by atoms with Crippen LogP contribution in [-0.4, -0.2) is 40.7 Å². The van der Waals surface area contributed by atoms with Gasteiger partial charge in [0, 0.05) is 25.3 Å². The van der Waals surface area contributed by atoms with Crippen molar-refractivity contribution < 1.29 is 9.53 Å². The number of anilines is 1. The van der Waals surface area contributed by atoms with Crippen LogP contribution in [0.5, 0.6) is 0 Å². The van der Waals surface area contributed by atoms with Crippen molar-refractivity contribution in [3.8, 4) is 0 Å². The maximum atomic E-state index is 13.0. The first kappa shape index (κ1) is 20.1. The molecule has 0 aliphatic carbocycles. The third-order valence-corrected chi connectivity index (χ3v) is 5.14. The van der Waals surface area contributed by atoms with E-state index in [1.807, 2.05) is 53.1 Å². The minimum Gasteiger partial charge on any atom is -0.385 e. The number of para-hydroxylation sites is 2. The van der Waals surface area contributed by atoms with Crippen molar-refractivity contribution in [2.24, 2.45) is 0 Å². The molecule has 4 aromatic rings. The minimum absolute atomic E-state index is 0.270. The van der Waals surface area contributed by atoms with Crippen molar-refractivity contribution in [1.29, 1.82) is 0 Å². The van der Waals surface area contributed by atoms with Gasteiger partial charge in [0.05, 0.1) is 17.6 Å². The molecule has 0 radical (unpaired) electrons. The number of ether oxygens (including phenoxy) is 1. The van der Waals surface area contributed by atoms with Crippen LogP contribution < -0.4 is 11.1 Å². The predicted molar refractivity (Wildman–Crippen MR) is 119 cm³/mol. The molecule has 0 bridgehead atoms. The lowest BCUT2D eigenvalue weighted by Crippen LogP contribution is -2.26. The molecule has 4 rings (SSSR count). The van der Waals surface area contributed by atoms with Crippen molar-refractivity contribution in [2.75, 3.05) is 26.0 Å². The normalized spacial score (nSPS) is 11.3. The van der Waals surface area contributed by atoms with Crippen LogP contribution in [0.15, 0.2) is 48.5 Å². The Kier molecular flexibility index (Phi) is 5.83. The van der Waals surface area contributed by atoms with Gasteiger partial charge in [-0.3, -0.25) is 4.79 Å². The lowest BCUT2D eigenvalue weighted by atomic mass is 10.2. The highest BCUT2D eigenvalue weighted by molar-refractivity contribution is 6.30. The molecule has 2 aromatic carbocycles. The van der Waals surface area contributed by atoms with Gasteiger partial charge in [-0.05, 0) is 36.2 Å². The summed E-state index contributed by atoms with van der Waals surface area (Å²) in [6.45, 7) is 1.50. The van der Waals surface area contributed by atoms with Crippen molar-refractivity contribution in [2.45, 2.75) is 13.0 Å². The quantitative estimate of drug-likeness (QED) is 0.442. The summed E-state index contributed by atoms with van der Waals surface area (Å²) in [5.74, 6) is 0.0625. The molecule has 8 heteroatoms. The summed E-state index contributed by atoms with van der Waals surface area (Å²) in [4.78, 5) is 22.4. The second-order valence-electron chi connectivity index (χ2n) is 6.96. The number of benzene rings is 2. The Morgan fingerprint density at radius 1 is 1.13 bits per heavy atom. The minimum atomic E-state index is -0.270. The fourth-order valence-electron chi connectivity index (χ4n) is 3.38. The van der Waals surface area contributed by atoms with E-state index in [4.69, 9.17) is 32.0 Å². The van der Waals surface area contributed by atoms with E-state index in [1.165, 1.54) is 0 Å². The molecular formula is C22H22ClN5O2. The van der Waals surface area contributed by atoms with Crippen molar-refractivity contribution >= 4 is 45.5 Å². The summed E-state index contributed by atoms with van der Waals surface area (Å²) in [5.41, 5.74) is 10.3. The molecule has 0 aliphatic rings.